The van der Waals surface area contributed by atoms with Gasteiger partial charge in [-0.1, -0.05) is 146 Å². The van der Waals surface area contributed by atoms with Crippen molar-refractivity contribution in [1.82, 2.24) is 14.1 Å². The van der Waals surface area contributed by atoms with Crippen LogP contribution in [0.3, 0.4) is 0 Å². The molecule has 0 aliphatic carbocycles. The number of benzene rings is 8. The summed E-state index contributed by atoms with van der Waals surface area (Å²) in [4.78, 5) is 5.35. The summed E-state index contributed by atoms with van der Waals surface area (Å²) in [6.45, 7) is 0. The minimum absolute atomic E-state index is 0.939. The van der Waals surface area contributed by atoms with E-state index in [4.69, 9.17) is 4.98 Å². The van der Waals surface area contributed by atoms with Gasteiger partial charge < -0.3 is 9.13 Å². The van der Waals surface area contributed by atoms with Gasteiger partial charge in [0.2, 0.25) is 0 Å². The van der Waals surface area contributed by atoms with E-state index >= 15 is 0 Å². The molecule has 3 nitrogen and oxygen atoms in total. The molecule has 252 valence electrons. The molecule has 3 aromatic heterocycles. The van der Waals surface area contributed by atoms with Crippen LogP contribution >= 0.6 is 0 Å². The van der Waals surface area contributed by atoms with E-state index in [1.807, 2.05) is 0 Å². The zero-order chi connectivity index (χ0) is 35.6. The van der Waals surface area contributed by atoms with Gasteiger partial charge in [0, 0.05) is 43.7 Å². The van der Waals surface area contributed by atoms with Gasteiger partial charge in [0.05, 0.1) is 39.1 Å². The Morgan fingerprint density at radius 2 is 0.907 bits per heavy atom. The lowest BCUT2D eigenvalue weighted by Gasteiger charge is -2.16. The van der Waals surface area contributed by atoms with Gasteiger partial charge in [-0.3, -0.25) is 0 Å². The van der Waals surface area contributed by atoms with E-state index in [0.29, 0.717) is 0 Å². The van der Waals surface area contributed by atoms with Crippen LogP contribution in [-0.4, -0.2) is 14.1 Å². The lowest BCUT2D eigenvalue weighted by molar-refractivity contribution is 1.18. The van der Waals surface area contributed by atoms with E-state index in [-0.39, 0.29) is 0 Å². The number of hydrogen-bond donors (Lipinski definition) is 0. The maximum Gasteiger partial charge on any atom is 0.0716 e. The van der Waals surface area contributed by atoms with E-state index in [9.17, 15) is 0 Å². The van der Waals surface area contributed by atoms with Crippen LogP contribution in [0.1, 0.15) is 0 Å². The molecule has 8 aromatic carbocycles. The molecule has 0 spiro atoms. The highest BCUT2D eigenvalue weighted by molar-refractivity contribution is 6.26. The van der Waals surface area contributed by atoms with E-state index in [1.165, 1.54) is 59.9 Å². The molecule has 54 heavy (non-hydrogen) atoms. The minimum atomic E-state index is 0.939. The van der Waals surface area contributed by atoms with Crippen molar-refractivity contribution in [3.8, 4) is 45.0 Å². The molecule has 0 aliphatic rings. The Hall–Kier alpha value is -7.23. The summed E-state index contributed by atoms with van der Waals surface area (Å²) in [7, 11) is 0. The second-order valence-electron chi connectivity index (χ2n) is 14.0. The van der Waals surface area contributed by atoms with Crippen LogP contribution in [0.15, 0.2) is 200 Å². The van der Waals surface area contributed by atoms with Gasteiger partial charge in [-0.25, -0.2) is 4.98 Å². The van der Waals surface area contributed by atoms with Gasteiger partial charge in [-0.05, 0) is 71.1 Å². The highest BCUT2D eigenvalue weighted by Crippen LogP contribution is 2.43. The zero-order valence-electron chi connectivity index (χ0n) is 29.4. The number of hydrogen-bond acceptors (Lipinski definition) is 1. The molecule has 11 aromatic rings. The summed E-state index contributed by atoms with van der Waals surface area (Å²) in [6.07, 6.45) is 0. The van der Waals surface area contributed by atoms with Crippen molar-refractivity contribution in [1.29, 1.82) is 0 Å². The first-order valence-electron chi connectivity index (χ1n) is 18.5. The first-order valence-corrected chi connectivity index (χ1v) is 18.5. The Labute approximate surface area is 312 Å². The molecule has 0 radical (unpaired) electrons. The Morgan fingerprint density at radius 3 is 1.65 bits per heavy atom. The van der Waals surface area contributed by atoms with Crippen LogP contribution in [0.4, 0.5) is 0 Å². The van der Waals surface area contributed by atoms with E-state index < -0.39 is 0 Å². The molecular weight excluding hydrogens is 655 g/mol. The predicted molar refractivity (Wildman–Crippen MR) is 227 cm³/mol. The lowest BCUT2D eigenvalue weighted by Crippen LogP contribution is -1.98. The van der Waals surface area contributed by atoms with Crippen molar-refractivity contribution >= 4 is 54.4 Å². The normalized spacial score (nSPS) is 11.7. The number of pyridine rings is 1. The molecule has 0 bridgehead atoms. The average molecular weight is 688 g/mol. The molecular formula is C51H33N3. The molecule has 0 saturated carbocycles. The van der Waals surface area contributed by atoms with Crippen molar-refractivity contribution in [3.63, 3.8) is 0 Å². The Balaban J connectivity index is 1.24. The molecule has 0 aliphatic heterocycles. The van der Waals surface area contributed by atoms with Crippen LogP contribution in [0.25, 0.3) is 99.4 Å². The fourth-order valence-corrected chi connectivity index (χ4v) is 8.47. The average Bonchev–Trinajstić information content (AvgIpc) is 3.77. The number of rotatable bonds is 5. The topological polar surface area (TPSA) is 22.8 Å². The summed E-state index contributed by atoms with van der Waals surface area (Å²) in [5.74, 6) is 0. The summed E-state index contributed by atoms with van der Waals surface area (Å²) >= 11 is 0. The van der Waals surface area contributed by atoms with Crippen molar-refractivity contribution < 1.29 is 0 Å². The standard InChI is InChI=1S/C51H33N3/c1-4-16-34(17-5-1)37-31-44(35-18-6-2-7-19-35)52-45(32-37)38-30-36-20-10-11-23-40(36)49(33-38)54-47-27-15-13-25-43(47)50-48(54)29-28-42-41-24-12-14-26-46(41)53(51(42)50)39-21-8-3-9-22-39/h1-33H. The number of aromatic nitrogens is 3. The monoisotopic (exact) mass is 687 g/mol. The Bertz CT molecular complexity index is 3130. The second-order valence-corrected chi connectivity index (χ2v) is 14.0. The first-order chi connectivity index (χ1) is 26.8. The van der Waals surface area contributed by atoms with Crippen molar-refractivity contribution in [2.24, 2.45) is 0 Å². The molecule has 0 N–H and O–H groups in total. The maximum absolute atomic E-state index is 5.35. The summed E-state index contributed by atoms with van der Waals surface area (Å²) < 4.78 is 4.92. The smallest absolute Gasteiger partial charge is 0.0716 e. The van der Waals surface area contributed by atoms with Gasteiger partial charge >= 0.3 is 0 Å². The molecule has 3 heteroatoms. The molecule has 0 saturated heterocycles. The van der Waals surface area contributed by atoms with Gasteiger partial charge in [0.25, 0.3) is 0 Å². The Kier molecular flexibility index (Phi) is 6.86. The fraction of sp³-hybridized carbons (Fsp3) is 0. The molecule has 0 fully saturated rings. The van der Waals surface area contributed by atoms with Gasteiger partial charge in [0.15, 0.2) is 0 Å². The number of fused-ring (bicyclic) bond motifs is 8. The first kappa shape index (κ1) is 30.4. The third kappa shape index (κ3) is 4.72. The highest BCUT2D eigenvalue weighted by atomic mass is 15.0. The largest absolute Gasteiger partial charge is 0.309 e. The molecule has 0 atom stereocenters. The quantitative estimate of drug-likeness (QED) is 0.177. The van der Waals surface area contributed by atoms with Gasteiger partial charge in [0.1, 0.15) is 0 Å². The molecule has 3 heterocycles. The third-order valence-corrected chi connectivity index (χ3v) is 10.9. The van der Waals surface area contributed by atoms with Crippen LogP contribution in [0.2, 0.25) is 0 Å². The molecule has 0 amide bonds. The zero-order valence-corrected chi connectivity index (χ0v) is 29.4. The van der Waals surface area contributed by atoms with Crippen molar-refractivity contribution in [2.45, 2.75) is 0 Å². The second kappa shape index (κ2) is 12.2. The predicted octanol–water partition coefficient (Wildman–Crippen LogP) is 13.4. The van der Waals surface area contributed by atoms with Crippen molar-refractivity contribution in [2.75, 3.05) is 0 Å². The van der Waals surface area contributed by atoms with Gasteiger partial charge in [-0.2, -0.15) is 0 Å². The summed E-state index contributed by atoms with van der Waals surface area (Å²) in [5, 5.41) is 7.33. The lowest BCUT2D eigenvalue weighted by atomic mass is 9.98. The van der Waals surface area contributed by atoms with Crippen molar-refractivity contribution in [3.05, 3.63) is 200 Å². The van der Waals surface area contributed by atoms with Crippen LogP contribution in [-0.2, 0) is 0 Å². The van der Waals surface area contributed by atoms with Crippen LogP contribution in [0, 0.1) is 0 Å². The molecule has 11 rings (SSSR count). The van der Waals surface area contributed by atoms with Gasteiger partial charge in [-0.15, -0.1) is 0 Å². The SMILES string of the molecule is c1ccc(-c2cc(-c3ccccc3)nc(-c3cc(-n4c5ccccc5c5c4ccc4c6ccccc6n(-c6ccccc6)c45)c4ccccc4c3)c2)cc1. The fourth-order valence-electron chi connectivity index (χ4n) is 8.47. The number of nitrogens with zero attached hydrogens (tertiary/aromatic N) is 3. The highest BCUT2D eigenvalue weighted by Gasteiger charge is 2.22. The third-order valence-electron chi connectivity index (χ3n) is 10.9. The minimum Gasteiger partial charge on any atom is -0.309 e. The Morgan fingerprint density at radius 1 is 0.333 bits per heavy atom. The number of para-hydroxylation sites is 3. The maximum atomic E-state index is 5.35. The van der Waals surface area contributed by atoms with Crippen LogP contribution < -0.4 is 0 Å². The van der Waals surface area contributed by atoms with E-state index in [0.717, 1.165) is 39.5 Å². The van der Waals surface area contributed by atoms with E-state index in [2.05, 4.69) is 209 Å². The van der Waals surface area contributed by atoms with Crippen LogP contribution in [0.5, 0.6) is 0 Å². The van der Waals surface area contributed by atoms with E-state index in [1.54, 1.807) is 0 Å². The molecule has 0 unspecified atom stereocenters. The summed E-state index contributed by atoms with van der Waals surface area (Å²) in [5.41, 5.74) is 13.4. The summed E-state index contributed by atoms with van der Waals surface area (Å²) in [6, 6.07) is 72.0.